The third-order valence-electron chi connectivity index (χ3n) is 3.14. The lowest BCUT2D eigenvalue weighted by Gasteiger charge is -2.19. The summed E-state index contributed by atoms with van der Waals surface area (Å²) in [6.07, 6.45) is 2.82. The van der Waals surface area contributed by atoms with E-state index >= 15 is 0 Å². The lowest BCUT2D eigenvalue weighted by Crippen LogP contribution is -2.30. The van der Waals surface area contributed by atoms with Crippen molar-refractivity contribution in [3.8, 4) is 0 Å². The van der Waals surface area contributed by atoms with Crippen LogP contribution in [0.3, 0.4) is 0 Å². The Morgan fingerprint density at radius 1 is 1.14 bits per heavy atom. The summed E-state index contributed by atoms with van der Waals surface area (Å²) in [6.45, 7) is 4.55. The minimum Gasteiger partial charge on any atom is -0.307 e. The van der Waals surface area contributed by atoms with Crippen molar-refractivity contribution in [2.24, 2.45) is 5.92 Å². The Labute approximate surface area is 86.5 Å². The molecule has 1 aliphatic carbocycles. The largest absolute Gasteiger partial charge is 0.307 e. The average Bonchev–Trinajstić information content (AvgIpc) is 3.02. The van der Waals surface area contributed by atoms with Crippen LogP contribution < -0.4 is 5.32 Å². The summed E-state index contributed by atoms with van der Waals surface area (Å²) in [7, 11) is 0. The van der Waals surface area contributed by atoms with E-state index in [-0.39, 0.29) is 0 Å². The van der Waals surface area contributed by atoms with Crippen LogP contribution in [0.5, 0.6) is 0 Å². The SMILES string of the molecule is C[C@@H](N[C@H](C)C1CC1)c1ccccc1. The highest BCUT2D eigenvalue weighted by atomic mass is 15.0. The molecule has 0 spiro atoms. The van der Waals surface area contributed by atoms with E-state index in [9.17, 15) is 0 Å². The molecular formula is C13H19N. The number of benzene rings is 1. The normalized spacial score (nSPS) is 20.4. The van der Waals surface area contributed by atoms with Crippen LogP contribution in [0.15, 0.2) is 30.3 Å². The molecule has 1 fully saturated rings. The number of hydrogen-bond donors (Lipinski definition) is 1. The molecule has 1 N–H and O–H groups in total. The van der Waals surface area contributed by atoms with E-state index in [2.05, 4.69) is 49.5 Å². The molecule has 0 aromatic heterocycles. The van der Waals surface area contributed by atoms with Gasteiger partial charge in [-0.15, -0.1) is 0 Å². The first-order valence-electron chi connectivity index (χ1n) is 5.58. The van der Waals surface area contributed by atoms with Crippen LogP contribution in [0, 0.1) is 5.92 Å². The number of rotatable bonds is 4. The summed E-state index contributed by atoms with van der Waals surface area (Å²) in [5.74, 6) is 0.932. The maximum atomic E-state index is 3.66. The molecule has 0 heterocycles. The fourth-order valence-electron chi connectivity index (χ4n) is 1.96. The van der Waals surface area contributed by atoms with Crippen LogP contribution in [0.1, 0.15) is 38.3 Å². The second-order valence-electron chi connectivity index (χ2n) is 4.43. The number of hydrogen-bond acceptors (Lipinski definition) is 1. The Morgan fingerprint density at radius 2 is 1.79 bits per heavy atom. The van der Waals surface area contributed by atoms with Crippen LogP contribution in [0.2, 0.25) is 0 Å². The van der Waals surface area contributed by atoms with Crippen molar-refractivity contribution in [2.75, 3.05) is 0 Å². The molecule has 14 heavy (non-hydrogen) atoms. The molecule has 1 aliphatic rings. The summed E-state index contributed by atoms with van der Waals surface area (Å²) in [6, 6.07) is 11.8. The van der Waals surface area contributed by atoms with E-state index < -0.39 is 0 Å². The summed E-state index contributed by atoms with van der Waals surface area (Å²) < 4.78 is 0. The summed E-state index contributed by atoms with van der Waals surface area (Å²) in [5.41, 5.74) is 1.39. The van der Waals surface area contributed by atoms with Gasteiger partial charge in [-0.25, -0.2) is 0 Å². The zero-order valence-electron chi connectivity index (χ0n) is 9.03. The predicted molar refractivity (Wildman–Crippen MR) is 60.2 cm³/mol. The van der Waals surface area contributed by atoms with Gasteiger partial charge in [0, 0.05) is 12.1 Å². The fourth-order valence-corrected chi connectivity index (χ4v) is 1.96. The maximum absolute atomic E-state index is 3.66. The quantitative estimate of drug-likeness (QED) is 0.767. The molecule has 0 saturated heterocycles. The minimum absolute atomic E-state index is 0.479. The summed E-state index contributed by atoms with van der Waals surface area (Å²) in [5, 5.41) is 3.66. The molecule has 1 nitrogen and oxygen atoms in total. The Bertz CT molecular complexity index is 277. The van der Waals surface area contributed by atoms with Gasteiger partial charge in [-0.05, 0) is 38.2 Å². The Morgan fingerprint density at radius 3 is 2.36 bits per heavy atom. The highest BCUT2D eigenvalue weighted by Gasteiger charge is 2.28. The first-order chi connectivity index (χ1) is 6.77. The molecule has 1 heteroatoms. The van der Waals surface area contributed by atoms with Gasteiger partial charge >= 0.3 is 0 Å². The van der Waals surface area contributed by atoms with Gasteiger partial charge in [-0.1, -0.05) is 30.3 Å². The third kappa shape index (κ3) is 2.36. The van der Waals surface area contributed by atoms with Crippen molar-refractivity contribution >= 4 is 0 Å². The molecule has 0 unspecified atom stereocenters. The van der Waals surface area contributed by atoms with Crippen LogP contribution in [0.25, 0.3) is 0 Å². The molecule has 1 aromatic carbocycles. The standard InChI is InChI=1S/C13H19N/c1-10(12-6-4-3-5-7-12)14-11(2)13-8-9-13/h3-7,10-11,13-14H,8-9H2,1-2H3/t10-,11-/m1/s1. The van der Waals surface area contributed by atoms with Gasteiger partial charge in [0.1, 0.15) is 0 Å². The second kappa shape index (κ2) is 4.14. The Hall–Kier alpha value is -0.820. The van der Waals surface area contributed by atoms with Crippen LogP contribution in [0.4, 0.5) is 0 Å². The van der Waals surface area contributed by atoms with E-state index in [1.54, 1.807) is 0 Å². The molecule has 0 radical (unpaired) electrons. The molecule has 1 aromatic rings. The predicted octanol–water partition coefficient (Wildman–Crippen LogP) is 3.14. The summed E-state index contributed by atoms with van der Waals surface area (Å²) >= 11 is 0. The van der Waals surface area contributed by atoms with Crippen molar-refractivity contribution in [1.29, 1.82) is 0 Å². The van der Waals surface area contributed by atoms with E-state index in [1.807, 2.05) is 0 Å². The molecule has 0 aliphatic heterocycles. The number of nitrogens with one attached hydrogen (secondary N) is 1. The van der Waals surface area contributed by atoms with E-state index in [4.69, 9.17) is 0 Å². The maximum Gasteiger partial charge on any atom is 0.0294 e. The van der Waals surface area contributed by atoms with Crippen molar-refractivity contribution in [2.45, 2.75) is 38.8 Å². The van der Waals surface area contributed by atoms with E-state index in [0.717, 1.165) is 5.92 Å². The molecule has 2 rings (SSSR count). The first-order valence-corrected chi connectivity index (χ1v) is 5.58. The van der Waals surface area contributed by atoms with Crippen LogP contribution >= 0.6 is 0 Å². The monoisotopic (exact) mass is 189 g/mol. The lowest BCUT2D eigenvalue weighted by atomic mass is 10.1. The van der Waals surface area contributed by atoms with Crippen molar-refractivity contribution < 1.29 is 0 Å². The van der Waals surface area contributed by atoms with Crippen LogP contribution in [-0.2, 0) is 0 Å². The molecule has 1 saturated carbocycles. The smallest absolute Gasteiger partial charge is 0.0294 e. The fraction of sp³-hybridized carbons (Fsp3) is 0.538. The third-order valence-corrected chi connectivity index (χ3v) is 3.14. The van der Waals surface area contributed by atoms with Gasteiger partial charge < -0.3 is 5.32 Å². The van der Waals surface area contributed by atoms with Gasteiger partial charge in [-0.2, -0.15) is 0 Å². The Kier molecular flexibility index (Phi) is 2.87. The molecule has 76 valence electrons. The minimum atomic E-state index is 0.479. The molecule has 2 atom stereocenters. The Balaban J connectivity index is 1.91. The van der Waals surface area contributed by atoms with Crippen LogP contribution in [-0.4, -0.2) is 6.04 Å². The average molecular weight is 189 g/mol. The topological polar surface area (TPSA) is 12.0 Å². The van der Waals surface area contributed by atoms with Gasteiger partial charge in [0.25, 0.3) is 0 Å². The lowest BCUT2D eigenvalue weighted by molar-refractivity contribution is 0.441. The first kappa shape index (κ1) is 9.72. The van der Waals surface area contributed by atoms with Crippen molar-refractivity contribution in [3.63, 3.8) is 0 Å². The second-order valence-corrected chi connectivity index (χ2v) is 4.43. The zero-order valence-corrected chi connectivity index (χ0v) is 9.03. The highest BCUT2D eigenvalue weighted by Crippen LogP contribution is 2.33. The van der Waals surface area contributed by atoms with Gasteiger partial charge in [0.05, 0.1) is 0 Å². The van der Waals surface area contributed by atoms with Crippen molar-refractivity contribution in [1.82, 2.24) is 5.32 Å². The van der Waals surface area contributed by atoms with E-state index in [1.165, 1.54) is 18.4 Å². The van der Waals surface area contributed by atoms with Gasteiger partial charge in [0.2, 0.25) is 0 Å². The highest BCUT2D eigenvalue weighted by molar-refractivity contribution is 5.18. The van der Waals surface area contributed by atoms with Crippen molar-refractivity contribution in [3.05, 3.63) is 35.9 Å². The van der Waals surface area contributed by atoms with Gasteiger partial charge in [0.15, 0.2) is 0 Å². The van der Waals surface area contributed by atoms with Gasteiger partial charge in [-0.3, -0.25) is 0 Å². The van der Waals surface area contributed by atoms with E-state index in [0.29, 0.717) is 12.1 Å². The summed E-state index contributed by atoms with van der Waals surface area (Å²) in [4.78, 5) is 0. The molecule has 0 amide bonds. The zero-order chi connectivity index (χ0) is 9.97. The molecular weight excluding hydrogens is 170 g/mol. The molecule has 0 bridgehead atoms.